The Kier molecular flexibility index (Phi) is 4.25. The molecule has 1 nitrogen and oxygen atoms in total. The fourth-order valence-corrected chi connectivity index (χ4v) is 2.34. The van der Waals surface area contributed by atoms with Crippen LogP contribution < -0.4 is 0 Å². The Bertz CT molecular complexity index is 306. The van der Waals surface area contributed by atoms with Gasteiger partial charge in [0, 0.05) is 12.5 Å². The molecule has 1 aliphatic carbocycles. The molecule has 0 aromatic heterocycles. The molecule has 16 heavy (non-hydrogen) atoms. The first-order valence-corrected chi connectivity index (χ1v) is 6.56. The lowest BCUT2D eigenvalue weighted by Crippen LogP contribution is -2.04. The minimum Gasteiger partial charge on any atom is -0.377 e. The molecule has 0 heterocycles. The van der Waals surface area contributed by atoms with Gasteiger partial charge in [0.2, 0.25) is 0 Å². The average Bonchev–Trinajstić information content (AvgIpc) is 3.11. The van der Waals surface area contributed by atoms with Gasteiger partial charge in [-0.2, -0.15) is 0 Å². The van der Waals surface area contributed by atoms with Crippen molar-refractivity contribution in [3.63, 3.8) is 0 Å². The average molecular weight is 239 g/mol. The van der Waals surface area contributed by atoms with Gasteiger partial charge in [-0.15, -0.1) is 11.6 Å². The highest BCUT2D eigenvalue weighted by Crippen LogP contribution is 2.50. The third kappa shape index (κ3) is 3.50. The molecule has 2 rings (SSSR count). The number of alkyl halides is 1. The van der Waals surface area contributed by atoms with Crippen LogP contribution in [0.5, 0.6) is 0 Å². The number of ether oxygens (including phenoxy) is 1. The van der Waals surface area contributed by atoms with Gasteiger partial charge in [0.05, 0.1) is 6.61 Å². The second kappa shape index (κ2) is 5.70. The van der Waals surface area contributed by atoms with Crippen LogP contribution in [0, 0.1) is 5.41 Å². The van der Waals surface area contributed by atoms with Gasteiger partial charge < -0.3 is 4.74 Å². The molecule has 0 spiro atoms. The van der Waals surface area contributed by atoms with E-state index >= 15 is 0 Å². The van der Waals surface area contributed by atoms with Crippen molar-refractivity contribution in [2.75, 3.05) is 12.5 Å². The molecule has 0 radical (unpaired) electrons. The Morgan fingerprint density at radius 1 is 1.19 bits per heavy atom. The molecule has 0 N–H and O–H groups in total. The van der Waals surface area contributed by atoms with Crippen LogP contribution in [0.25, 0.3) is 0 Å². The summed E-state index contributed by atoms with van der Waals surface area (Å²) in [5.41, 5.74) is 1.73. The Labute approximate surface area is 103 Å². The van der Waals surface area contributed by atoms with Crippen molar-refractivity contribution in [1.82, 2.24) is 0 Å². The largest absolute Gasteiger partial charge is 0.377 e. The molecule has 2 heteroatoms. The molecular weight excluding hydrogens is 220 g/mol. The summed E-state index contributed by atoms with van der Waals surface area (Å²) >= 11 is 5.92. The SMILES string of the molecule is ClCC1(CCCOCc2ccccc2)CC1. The second-order valence-electron chi connectivity index (χ2n) is 4.78. The van der Waals surface area contributed by atoms with Crippen LogP contribution in [-0.2, 0) is 11.3 Å². The van der Waals surface area contributed by atoms with E-state index in [1.807, 2.05) is 18.2 Å². The summed E-state index contributed by atoms with van der Waals surface area (Å²) in [7, 11) is 0. The van der Waals surface area contributed by atoms with Gasteiger partial charge in [-0.3, -0.25) is 0 Å². The maximum Gasteiger partial charge on any atom is 0.0716 e. The quantitative estimate of drug-likeness (QED) is 0.515. The molecule has 0 bridgehead atoms. The van der Waals surface area contributed by atoms with Crippen molar-refractivity contribution in [2.45, 2.75) is 32.3 Å². The molecule has 1 fully saturated rings. The fraction of sp³-hybridized carbons (Fsp3) is 0.571. The van der Waals surface area contributed by atoms with E-state index in [-0.39, 0.29) is 0 Å². The predicted molar refractivity (Wildman–Crippen MR) is 67.7 cm³/mol. The first-order chi connectivity index (χ1) is 7.85. The third-order valence-electron chi connectivity index (χ3n) is 3.35. The smallest absolute Gasteiger partial charge is 0.0716 e. The van der Waals surface area contributed by atoms with Crippen molar-refractivity contribution in [1.29, 1.82) is 0 Å². The third-order valence-corrected chi connectivity index (χ3v) is 3.91. The number of hydrogen-bond donors (Lipinski definition) is 0. The van der Waals surface area contributed by atoms with Crippen LogP contribution in [0.2, 0.25) is 0 Å². The van der Waals surface area contributed by atoms with Crippen molar-refractivity contribution in [2.24, 2.45) is 5.41 Å². The number of rotatable bonds is 7. The van der Waals surface area contributed by atoms with Gasteiger partial charge >= 0.3 is 0 Å². The summed E-state index contributed by atoms with van der Waals surface area (Å²) in [6.07, 6.45) is 5.00. The highest BCUT2D eigenvalue weighted by molar-refractivity contribution is 6.18. The number of benzene rings is 1. The lowest BCUT2D eigenvalue weighted by molar-refractivity contribution is 0.113. The molecule has 88 valence electrons. The predicted octanol–water partition coefficient (Wildman–Crippen LogP) is 4.00. The minimum atomic E-state index is 0.484. The van der Waals surface area contributed by atoms with Gasteiger partial charge in [-0.25, -0.2) is 0 Å². The van der Waals surface area contributed by atoms with Crippen molar-refractivity contribution in [3.8, 4) is 0 Å². The fourth-order valence-electron chi connectivity index (χ4n) is 1.94. The van der Waals surface area contributed by atoms with Gasteiger partial charge in [-0.1, -0.05) is 30.3 Å². The normalized spacial score (nSPS) is 17.3. The number of hydrogen-bond acceptors (Lipinski definition) is 1. The van der Waals surface area contributed by atoms with Crippen LogP contribution in [0.4, 0.5) is 0 Å². The summed E-state index contributed by atoms with van der Waals surface area (Å²) in [6.45, 7) is 1.59. The standard InChI is InChI=1S/C14H19ClO/c15-12-14(8-9-14)7-4-10-16-11-13-5-2-1-3-6-13/h1-3,5-6H,4,7-12H2. The highest BCUT2D eigenvalue weighted by atomic mass is 35.5. The maximum absolute atomic E-state index is 5.92. The molecule has 0 unspecified atom stereocenters. The van der Waals surface area contributed by atoms with E-state index in [2.05, 4.69) is 12.1 Å². The summed E-state index contributed by atoms with van der Waals surface area (Å²) in [5.74, 6) is 0.825. The molecule has 1 saturated carbocycles. The van der Waals surface area contributed by atoms with Gasteiger partial charge in [0.1, 0.15) is 0 Å². The van der Waals surface area contributed by atoms with Crippen LogP contribution in [0.1, 0.15) is 31.2 Å². The topological polar surface area (TPSA) is 9.23 Å². The lowest BCUT2D eigenvalue weighted by atomic mass is 10.0. The zero-order valence-electron chi connectivity index (χ0n) is 9.62. The first kappa shape index (κ1) is 11.9. The summed E-state index contributed by atoms with van der Waals surface area (Å²) in [5, 5.41) is 0. The molecule has 0 aliphatic heterocycles. The van der Waals surface area contributed by atoms with Gasteiger partial charge in [0.15, 0.2) is 0 Å². The van der Waals surface area contributed by atoms with Crippen LogP contribution >= 0.6 is 11.6 Å². The molecule has 0 amide bonds. The van der Waals surface area contributed by atoms with E-state index in [4.69, 9.17) is 16.3 Å². The number of halogens is 1. The van der Waals surface area contributed by atoms with Crippen molar-refractivity contribution >= 4 is 11.6 Å². The van der Waals surface area contributed by atoms with E-state index in [0.29, 0.717) is 5.41 Å². The zero-order chi connectivity index (χ0) is 11.3. The zero-order valence-corrected chi connectivity index (χ0v) is 10.4. The molecule has 0 saturated heterocycles. The van der Waals surface area contributed by atoms with Crippen LogP contribution in [-0.4, -0.2) is 12.5 Å². The Morgan fingerprint density at radius 3 is 2.56 bits per heavy atom. The van der Waals surface area contributed by atoms with Crippen LogP contribution in [0.15, 0.2) is 30.3 Å². The molecule has 1 aromatic carbocycles. The first-order valence-electron chi connectivity index (χ1n) is 6.02. The van der Waals surface area contributed by atoms with Crippen molar-refractivity contribution < 1.29 is 4.74 Å². The molecule has 0 atom stereocenters. The highest BCUT2D eigenvalue weighted by Gasteiger charge is 2.40. The van der Waals surface area contributed by atoms with E-state index in [0.717, 1.165) is 25.5 Å². The lowest BCUT2D eigenvalue weighted by Gasteiger charge is -2.10. The Balaban J connectivity index is 1.56. The minimum absolute atomic E-state index is 0.484. The molecule has 1 aliphatic rings. The van der Waals surface area contributed by atoms with E-state index < -0.39 is 0 Å². The monoisotopic (exact) mass is 238 g/mol. The van der Waals surface area contributed by atoms with E-state index in [1.54, 1.807) is 0 Å². The summed E-state index contributed by atoms with van der Waals surface area (Å²) < 4.78 is 5.64. The van der Waals surface area contributed by atoms with Crippen LogP contribution in [0.3, 0.4) is 0 Å². The molecular formula is C14H19ClO. The van der Waals surface area contributed by atoms with Gasteiger partial charge in [0.25, 0.3) is 0 Å². The van der Waals surface area contributed by atoms with E-state index in [9.17, 15) is 0 Å². The maximum atomic E-state index is 5.92. The van der Waals surface area contributed by atoms with Gasteiger partial charge in [-0.05, 0) is 36.7 Å². The van der Waals surface area contributed by atoms with E-state index in [1.165, 1.54) is 24.8 Å². The van der Waals surface area contributed by atoms with Crippen molar-refractivity contribution in [3.05, 3.63) is 35.9 Å². The Morgan fingerprint density at radius 2 is 1.94 bits per heavy atom. The Hall–Kier alpha value is -0.530. The summed E-state index contributed by atoms with van der Waals surface area (Å²) in [4.78, 5) is 0. The summed E-state index contributed by atoms with van der Waals surface area (Å²) in [6, 6.07) is 10.3. The second-order valence-corrected chi connectivity index (χ2v) is 5.04. The molecule has 1 aromatic rings.